The lowest BCUT2D eigenvalue weighted by Gasteiger charge is -2.19. The monoisotopic (exact) mass is 225 g/mol. The second-order valence-corrected chi connectivity index (χ2v) is 5.17. The Morgan fingerprint density at radius 3 is 3.13 bits per heavy atom. The Morgan fingerprint density at radius 1 is 1.73 bits per heavy atom. The molecule has 84 valence electrons. The molecule has 2 rings (SSSR count). The lowest BCUT2D eigenvalue weighted by molar-refractivity contribution is 0.378. The Morgan fingerprint density at radius 2 is 2.60 bits per heavy atom. The Labute approximate surface area is 95.5 Å². The lowest BCUT2D eigenvalue weighted by atomic mass is 10.2. The van der Waals surface area contributed by atoms with Gasteiger partial charge in [0.1, 0.15) is 5.01 Å². The molecule has 0 radical (unpaired) electrons. The predicted molar refractivity (Wildman–Crippen MR) is 64.2 cm³/mol. The number of hydrogen-bond donors (Lipinski definition) is 1. The van der Waals surface area contributed by atoms with Gasteiger partial charge in [0.25, 0.3) is 0 Å². The van der Waals surface area contributed by atoms with Crippen LogP contribution in [0.4, 0.5) is 0 Å². The summed E-state index contributed by atoms with van der Waals surface area (Å²) < 4.78 is 0. The summed E-state index contributed by atoms with van der Waals surface area (Å²) in [6.45, 7) is 4.60. The molecule has 1 fully saturated rings. The molecule has 1 N–H and O–H groups in total. The number of nitrogens with zero attached hydrogens (tertiary/aromatic N) is 2. The molecular weight excluding hydrogens is 206 g/mol. The van der Waals surface area contributed by atoms with Crippen molar-refractivity contribution in [1.82, 2.24) is 15.2 Å². The Kier molecular flexibility index (Phi) is 3.72. The standard InChI is InChI=1S/C11H19N3S/c1-3-10(11-12-5-7-15-11)13-9-4-6-14(2)8-9/h5,7,9-10,13H,3-4,6,8H2,1-2H3. The molecule has 0 amide bonds. The second kappa shape index (κ2) is 5.05. The molecule has 0 bridgehead atoms. The summed E-state index contributed by atoms with van der Waals surface area (Å²) in [4.78, 5) is 6.77. The summed E-state index contributed by atoms with van der Waals surface area (Å²) in [5.74, 6) is 0. The van der Waals surface area contributed by atoms with Crippen molar-refractivity contribution in [1.29, 1.82) is 0 Å². The van der Waals surface area contributed by atoms with E-state index in [0.717, 1.165) is 6.42 Å². The number of likely N-dealkylation sites (N-methyl/N-ethyl adjacent to an activating group) is 1. The van der Waals surface area contributed by atoms with Crippen LogP contribution in [-0.4, -0.2) is 36.1 Å². The molecule has 1 saturated heterocycles. The number of nitrogens with one attached hydrogen (secondary N) is 1. The average Bonchev–Trinajstić information content (AvgIpc) is 2.85. The van der Waals surface area contributed by atoms with Crippen LogP contribution in [0.5, 0.6) is 0 Å². The van der Waals surface area contributed by atoms with Crippen LogP contribution in [0, 0.1) is 0 Å². The van der Waals surface area contributed by atoms with E-state index in [2.05, 4.69) is 34.6 Å². The van der Waals surface area contributed by atoms with Gasteiger partial charge in [0, 0.05) is 24.2 Å². The summed E-state index contributed by atoms with van der Waals surface area (Å²) in [5.41, 5.74) is 0. The summed E-state index contributed by atoms with van der Waals surface area (Å²) in [6, 6.07) is 1.09. The molecule has 15 heavy (non-hydrogen) atoms. The van der Waals surface area contributed by atoms with Crippen molar-refractivity contribution >= 4 is 11.3 Å². The van der Waals surface area contributed by atoms with Crippen LogP contribution in [0.15, 0.2) is 11.6 Å². The van der Waals surface area contributed by atoms with Gasteiger partial charge in [-0.2, -0.15) is 0 Å². The number of rotatable bonds is 4. The molecule has 0 aliphatic carbocycles. The molecule has 0 saturated carbocycles. The fourth-order valence-electron chi connectivity index (χ4n) is 2.13. The van der Waals surface area contributed by atoms with Crippen LogP contribution in [0.25, 0.3) is 0 Å². The molecule has 1 aromatic rings. The molecule has 0 aromatic carbocycles. The highest BCUT2D eigenvalue weighted by Gasteiger charge is 2.23. The van der Waals surface area contributed by atoms with Crippen molar-refractivity contribution in [3.8, 4) is 0 Å². The highest BCUT2D eigenvalue weighted by Crippen LogP contribution is 2.21. The van der Waals surface area contributed by atoms with Crippen LogP contribution in [0.1, 0.15) is 30.8 Å². The van der Waals surface area contributed by atoms with Crippen LogP contribution in [-0.2, 0) is 0 Å². The lowest BCUT2D eigenvalue weighted by Crippen LogP contribution is -2.34. The first-order valence-electron chi connectivity index (χ1n) is 5.63. The Hall–Kier alpha value is -0.450. The van der Waals surface area contributed by atoms with Gasteiger partial charge in [-0.25, -0.2) is 4.98 Å². The van der Waals surface area contributed by atoms with E-state index in [0.29, 0.717) is 12.1 Å². The Balaban J connectivity index is 1.91. The van der Waals surface area contributed by atoms with Crippen LogP contribution >= 0.6 is 11.3 Å². The summed E-state index contributed by atoms with van der Waals surface area (Å²) >= 11 is 1.75. The third-order valence-electron chi connectivity index (χ3n) is 2.99. The normalized spacial score (nSPS) is 24.5. The van der Waals surface area contributed by atoms with Crippen LogP contribution < -0.4 is 5.32 Å². The van der Waals surface area contributed by atoms with E-state index in [1.54, 1.807) is 11.3 Å². The zero-order valence-electron chi connectivity index (χ0n) is 9.44. The zero-order valence-corrected chi connectivity index (χ0v) is 10.3. The summed E-state index contributed by atoms with van der Waals surface area (Å²) in [5, 5.41) is 6.99. The third kappa shape index (κ3) is 2.77. The van der Waals surface area contributed by atoms with Gasteiger partial charge in [-0.1, -0.05) is 6.92 Å². The van der Waals surface area contributed by atoms with Gasteiger partial charge in [-0.05, 0) is 26.4 Å². The van der Waals surface area contributed by atoms with Gasteiger partial charge in [0.05, 0.1) is 6.04 Å². The van der Waals surface area contributed by atoms with Gasteiger partial charge in [0.15, 0.2) is 0 Å². The van der Waals surface area contributed by atoms with Gasteiger partial charge < -0.3 is 10.2 Å². The van der Waals surface area contributed by atoms with Crippen LogP contribution in [0.3, 0.4) is 0 Å². The third-order valence-corrected chi connectivity index (χ3v) is 3.88. The minimum Gasteiger partial charge on any atom is -0.305 e. The second-order valence-electron chi connectivity index (χ2n) is 4.25. The van der Waals surface area contributed by atoms with Gasteiger partial charge >= 0.3 is 0 Å². The maximum atomic E-state index is 4.39. The van der Waals surface area contributed by atoms with Crippen molar-refractivity contribution < 1.29 is 0 Å². The van der Waals surface area contributed by atoms with Crippen molar-refractivity contribution in [3.05, 3.63) is 16.6 Å². The van der Waals surface area contributed by atoms with Crippen molar-refractivity contribution in [2.45, 2.75) is 31.8 Å². The largest absolute Gasteiger partial charge is 0.305 e. The molecule has 1 aliphatic heterocycles. The van der Waals surface area contributed by atoms with E-state index >= 15 is 0 Å². The van der Waals surface area contributed by atoms with Crippen molar-refractivity contribution in [3.63, 3.8) is 0 Å². The molecule has 2 atom stereocenters. The van der Waals surface area contributed by atoms with Crippen molar-refractivity contribution in [2.24, 2.45) is 0 Å². The van der Waals surface area contributed by atoms with E-state index in [1.807, 2.05) is 6.20 Å². The molecule has 1 aliphatic rings. The average molecular weight is 225 g/mol. The minimum atomic E-state index is 0.446. The zero-order chi connectivity index (χ0) is 10.7. The fourth-order valence-corrected chi connectivity index (χ4v) is 2.91. The number of likely N-dealkylation sites (tertiary alicyclic amines) is 1. The fraction of sp³-hybridized carbons (Fsp3) is 0.727. The molecule has 1 aromatic heterocycles. The number of aromatic nitrogens is 1. The molecule has 0 spiro atoms. The minimum absolute atomic E-state index is 0.446. The predicted octanol–water partition coefficient (Wildman–Crippen LogP) is 1.89. The van der Waals surface area contributed by atoms with Gasteiger partial charge in [-0.15, -0.1) is 11.3 Å². The summed E-state index contributed by atoms with van der Waals surface area (Å²) in [6.07, 6.45) is 4.28. The molecule has 3 nitrogen and oxygen atoms in total. The maximum absolute atomic E-state index is 4.39. The molecule has 2 unspecified atom stereocenters. The van der Waals surface area contributed by atoms with E-state index in [-0.39, 0.29) is 0 Å². The van der Waals surface area contributed by atoms with E-state index in [1.165, 1.54) is 24.5 Å². The topological polar surface area (TPSA) is 28.2 Å². The maximum Gasteiger partial charge on any atom is 0.109 e. The van der Waals surface area contributed by atoms with E-state index < -0.39 is 0 Å². The van der Waals surface area contributed by atoms with Gasteiger partial charge in [0.2, 0.25) is 0 Å². The van der Waals surface area contributed by atoms with E-state index in [4.69, 9.17) is 0 Å². The highest BCUT2D eigenvalue weighted by molar-refractivity contribution is 7.09. The first-order chi connectivity index (χ1) is 7.29. The molecule has 2 heterocycles. The smallest absolute Gasteiger partial charge is 0.109 e. The highest BCUT2D eigenvalue weighted by atomic mass is 32.1. The first-order valence-corrected chi connectivity index (χ1v) is 6.51. The number of thiazole rings is 1. The summed E-state index contributed by atoms with van der Waals surface area (Å²) in [7, 11) is 2.19. The van der Waals surface area contributed by atoms with Crippen LogP contribution in [0.2, 0.25) is 0 Å². The van der Waals surface area contributed by atoms with E-state index in [9.17, 15) is 0 Å². The molecule has 4 heteroatoms. The van der Waals surface area contributed by atoms with Gasteiger partial charge in [-0.3, -0.25) is 0 Å². The quantitative estimate of drug-likeness (QED) is 0.848. The SMILES string of the molecule is CCC(NC1CCN(C)C1)c1nccs1. The Bertz CT molecular complexity index is 286. The van der Waals surface area contributed by atoms with Crippen molar-refractivity contribution in [2.75, 3.05) is 20.1 Å². The molecular formula is C11H19N3S. The number of hydrogen-bond acceptors (Lipinski definition) is 4. The first kappa shape index (κ1) is 11.0.